The first-order valence-corrected chi connectivity index (χ1v) is 19.9. The number of rotatable bonds is 3. The second-order valence-electron chi connectivity index (χ2n) is 15.3. The van der Waals surface area contributed by atoms with Gasteiger partial charge in [0, 0.05) is 52.6 Å². The number of piperazine rings is 1. The molecule has 56 heavy (non-hydrogen) atoms. The van der Waals surface area contributed by atoms with Gasteiger partial charge < -0.3 is 38.6 Å². The number of likely N-dealkylation sites (N-methyl/N-ethyl adjacent to an activating group) is 1. The summed E-state index contributed by atoms with van der Waals surface area (Å²) in [6, 6.07) is 4.10. The molecule has 0 aliphatic carbocycles. The van der Waals surface area contributed by atoms with Crippen molar-refractivity contribution in [1.29, 1.82) is 5.26 Å². The number of nitrogens with zero attached hydrogens (tertiary/aromatic N) is 3. The van der Waals surface area contributed by atoms with Gasteiger partial charge in [0.25, 0.3) is 0 Å². The topological polar surface area (TPSA) is 189 Å². The number of aromatic hydroxyl groups is 2. The molecule has 3 aromatic carbocycles. The normalized spacial score (nSPS) is 29.9. The van der Waals surface area contributed by atoms with Crippen molar-refractivity contribution < 1.29 is 52.4 Å². The fourth-order valence-electron chi connectivity index (χ4n) is 10.4. The molecule has 7 aliphatic heterocycles. The Morgan fingerprint density at radius 2 is 1.82 bits per heavy atom. The molecule has 8 atom stereocenters. The number of nitrogens with one attached hydrogen (secondary N) is 1. The Bertz CT molecular complexity index is 2310. The SMILES string of the molecule is COc1cc2c(cc1O)CCN[C@]21CS(=O)[C@@H]2c3c(OC(C)=O)c(C)c4c(c3[C@H](COC1=O)N1[C@@H]2[C@@H]2c3c(cc(C)c(OC)c3O)C[C@@H]([C@@H]1C#N)N2C)OCO4. The van der Waals surface area contributed by atoms with Crippen LogP contribution >= 0.6 is 0 Å². The first kappa shape index (κ1) is 36.6. The van der Waals surface area contributed by atoms with E-state index in [1.165, 1.54) is 21.1 Å². The summed E-state index contributed by atoms with van der Waals surface area (Å²) in [5.41, 5.74) is 2.99. The van der Waals surface area contributed by atoms with Gasteiger partial charge in [0.1, 0.15) is 18.4 Å². The van der Waals surface area contributed by atoms with E-state index < -0.39 is 57.7 Å². The molecule has 16 heteroatoms. The second kappa shape index (κ2) is 13.0. The molecule has 2 saturated heterocycles. The Morgan fingerprint density at radius 1 is 1.05 bits per heavy atom. The molecule has 10 rings (SSSR count). The molecule has 3 N–H and O–H groups in total. The van der Waals surface area contributed by atoms with Gasteiger partial charge in [0.2, 0.25) is 6.79 Å². The van der Waals surface area contributed by atoms with E-state index in [9.17, 15) is 25.1 Å². The molecule has 3 aromatic rings. The number of ether oxygens (including phenoxy) is 6. The van der Waals surface area contributed by atoms with Gasteiger partial charge in [-0.1, -0.05) is 6.07 Å². The summed E-state index contributed by atoms with van der Waals surface area (Å²) in [6.07, 6.45) is 0.882. The summed E-state index contributed by atoms with van der Waals surface area (Å²) in [5.74, 6) is -0.469. The second-order valence-corrected chi connectivity index (χ2v) is 16.9. The Labute approximate surface area is 325 Å². The maximum atomic E-state index is 16.0. The molecule has 1 unspecified atom stereocenters. The molecular weight excluding hydrogens is 745 g/mol. The Morgan fingerprint density at radius 3 is 2.54 bits per heavy atom. The molecule has 294 valence electrons. The van der Waals surface area contributed by atoms with E-state index in [1.807, 2.05) is 24.9 Å². The summed E-state index contributed by atoms with van der Waals surface area (Å²) in [5, 5.41) is 36.2. The largest absolute Gasteiger partial charge is 0.504 e. The minimum Gasteiger partial charge on any atom is -0.504 e. The zero-order chi connectivity index (χ0) is 39.5. The number of aryl methyl sites for hydroxylation is 1. The van der Waals surface area contributed by atoms with Crippen LogP contribution in [-0.4, -0.2) is 101 Å². The standard InChI is InChI=1S/C40H42N4O11S/c1-17-9-21-10-23-24(13-41)44-25-14-52-39(48)40(22-12-27(50-5)26(46)11-20(22)7-8-42-40)15-56(49)38(32(44)31(43(23)4)28(21)33(47)34(17)51-6)30-29(25)37-36(53-16-54-37)18(2)35(30)55-19(3)45/h9,11-12,23-25,31-32,38,42,46-47H,7-8,10,14-16H2,1-6H3/t23-,24-,25-,31-,32+,38+,40+,56?/m0/s1. The molecule has 0 amide bonds. The van der Waals surface area contributed by atoms with Crippen LogP contribution in [0.15, 0.2) is 18.2 Å². The van der Waals surface area contributed by atoms with Crippen LogP contribution in [0.25, 0.3) is 0 Å². The molecule has 7 aliphatic rings. The number of esters is 2. The summed E-state index contributed by atoms with van der Waals surface area (Å²) in [7, 11) is 2.75. The third kappa shape index (κ3) is 4.87. The summed E-state index contributed by atoms with van der Waals surface area (Å²) < 4.78 is 51.8. The maximum Gasteiger partial charge on any atom is 0.332 e. The molecule has 7 heterocycles. The highest BCUT2D eigenvalue weighted by molar-refractivity contribution is 7.85. The maximum absolute atomic E-state index is 16.0. The lowest BCUT2D eigenvalue weighted by molar-refractivity contribution is -0.157. The van der Waals surface area contributed by atoms with Gasteiger partial charge in [-0.05, 0) is 68.1 Å². The van der Waals surface area contributed by atoms with Crippen molar-refractivity contribution in [2.24, 2.45) is 0 Å². The molecule has 0 aromatic heterocycles. The average Bonchev–Trinajstić information content (AvgIpc) is 3.65. The van der Waals surface area contributed by atoms with E-state index in [-0.39, 0.29) is 48.2 Å². The Balaban J connectivity index is 1.36. The Hall–Kier alpha value is -5.08. The van der Waals surface area contributed by atoms with E-state index >= 15 is 4.21 Å². The fourth-order valence-corrected chi connectivity index (χ4v) is 12.5. The first-order valence-electron chi connectivity index (χ1n) is 18.5. The predicted molar refractivity (Wildman–Crippen MR) is 199 cm³/mol. The number of carbonyl (C=O) groups is 2. The number of hydrogen-bond donors (Lipinski definition) is 3. The number of nitriles is 1. The summed E-state index contributed by atoms with van der Waals surface area (Å²) in [6.45, 7) is 4.79. The number of phenolic OH excluding ortho intramolecular Hbond substituents is 2. The van der Waals surface area contributed by atoms with Crippen LogP contribution in [-0.2, 0) is 43.5 Å². The van der Waals surface area contributed by atoms with Gasteiger partial charge in [-0.25, -0.2) is 4.79 Å². The van der Waals surface area contributed by atoms with Crippen molar-refractivity contribution in [2.45, 2.75) is 74.6 Å². The number of carbonyl (C=O) groups excluding carboxylic acids is 2. The van der Waals surface area contributed by atoms with Crippen LogP contribution in [0.3, 0.4) is 0 Å². The smallest absolute Gasteiger partial charge is 0.332 e. The van der Waals surface area contributed by atoms with E-state index in [2.05, 4.69) is 16.3 Å². The highest BCUT2D eigenvalue weighted by Gasteiger charge is 2.63. The van der Waals surface area contributed by atoms with Crippen LogP contribution < -0.4 is 29.0 Å². The van der Waals surface area contributed by atoms with Gasteiger partial charge in [-0.2, -0.15) is 5.26 Å². The molecule has 0 radical (unpaired) electrons. The lowest BCUT2D eigenvalue weighted by Gasteiger charge is -2.61. The van der Waals surface area contributed by atoms with Crippen LogP contribution in [0.2, 0.25) is 0 Å². The van der Waals surface area contributed by atoms with Gasteiger partial charge in [0.15, 0.2) is 40.0 Å². The van der Waals surface area contributed by atoms with Gasteiger partial charge in [-0.3, -0.25) is 24.1 Å². The number of phenols is 2. The van der Waals surface area contributed by atoms with Crippen LogP contribution in [0.4, 0.5) is 0 Å². The lowest BCUT2D eigenvalue weighted by atomic mass is 9.71. The third-order valence-corrected chi connectivity index (χ3v) is 14.4. The van der Waals surface area contributed by atoms with Crippen LogP contribution in [0.5, 0.6) is 40.2 Å². The van der Waals surface area contributed by atoms with Crippen molar-refractivity contribution in [3.8, 4) is 46.3 Å². The number of hydrogen-bond acceptors (Lipinski definition) is 15. The zero-order valence-corrected chi connectivity index (χ0v) is 32.6. The molecule has 2 fully saturated rings. The number of benzene rings is 3. The van der Waals surface area contributed by atoms with Crippen molar-refractivity contribution >= 4 is 22.7 Å². The predicted octanol–water partition coefficient (Wildman–Crippen LogP) is 3.00. The lowest BCUT2D eigenvalue weighted by Crippen LogP contribution is -2.70. The highest BCUT2D eigenvalue weighted by atomic mass is 32.2. The zero-order valence-electron chi connectivity index (χ0n) is 31.8. The Kier molecular flexibility index (Phi) is 8.48. The summed E-state index contributed by atoms with van der Waals surface area (Å²) >= 11 is 0. The molecular formula is C40H42N4O11S. The first-order chi connectivity index (χ1) is 26.9. The van der Waals surface area contributed by atoms with E-state index in [4.69, 9.17) is 28.4 Å². The molecule has 15 nitrogen and oxygen atoms in total. The highest BCUT2D eigenvalue weighted by Crippen LogP contribution is 2.63. The molecule has 4 bridgehead atoms. The van der Waals surface area contributed by atoms with Crippen molar-refractivity contribution in [3.63, 3.8) is 0 Å². The monoisotopic (exact) mass is 786 g/mol. The van der Waals surface area contributed by atoms with E-state index in [0.29, 0.717) is 70.0 Å². The van der Waals surface area contributed by atoms with Crippen molar-refractivity contribution in [1.82, 2.24) is 15.1 Å². The summed E-state index contributed by atoms with van der Waals surface area (Å²) in [4.78, 5) is 31.8. The average molecular weight is 787 g/mol. The molecule has 1 spiro atoms. The van der Waals surface area contributed by atoms with Crippen molar-refractivity contribution in [3.05, 3.63) is 62.7 Å². The minimum absolute atomic E-state index is 0.0492. The number of fused-ring (bicyclic) bond motifs is 9. The van der Waals surface area contributed by atoms with Crippen LogP contribution in [0, 0.1) is 25.2 Å². The van der Waals surface area contributed by atoms with Gasteiger partial charge >= 0.3 is 11.9 Å². The van der Waals surface area contributed by atoms with Crippen molar-refractivity contribution in [2.75, 3.05) is 47.0 Å². The van der Waals surface area contributed by atoms with Gasteiger partial charge in [-0.15, -0.1) is 0 Å². The third-order valence-electron chi connectivity index (χ3n) is 12.6. The van der Waals surface area contributed by atoms with E-state index in [0.717, 1.165) is 11.1 Å². The quantitative estimate of drug-likeness (QED) is 0.259. The van der Waals surface area contributed by atoms with Crippen LogP contribution in [0.1, 0.15) is 68.8 Å². The van der Waals surface area contributed by atoms with Gasteiger partial charge in [0.05, 0.1) is 49.4 Å². The fraction of sp³-hybridized carbons (Fsp3) is 0.475. The minimum atomic E-state index is -2.06. The number of methoxy groups -OCH3 is 2. The van der Waals surface area contributed by atoms with E-state index in [1.54, 1.807) is 19.1 Å². The molecule has 0 saturated carbocycles.